The maximum atomic E-state index is 5.85. The maximum Gasteiger partial charge on any atom is 0.222 e. The Balaban J connectivity index is 1.98. The van der Waals surface area contributed by atoms with Gasteiger partial charge in [0.15, 0.2) is 11.3 Å². The Kier molecular flexibility index (Phi) is 5.02. The summed E-state index contributed by atoms with van der Waals surface area (Å²) in [5.74, 6) is 1.76. The van der Waals surface area contributed by atoms with E-state index in [2.05, 4.69) is 29.1 Å². The molecule has 25 heavy (non-hydrogen) atoms. The van der Waals surface area contributed by atoms with Gasteiger partial charge in [0, 0.05) is 12.1 Å². The Morgan fingerprint density at radius 2 is 2.08 bits per heavy atom. The predicted molar refractivity (Wildman–Crippen MR) is 99.9 cm³/mol. The minimum absolute atomic E-state index is 0.00457. The summed E-state index contributed by atoms with van der Waals surface area (Å²) in [5, 5.41) is 8.01. The number of para-hydroxylation sites is 1. The Bertz CT molecular complexity index is 860. The number of rotatable bonds is 7. The second kappa shape index (κ2) is 7.38. The van der Waals surface area contributed by atoms with Crippen LogP contribution in [0.2, 0.25) is 0 Å². The predicted octanol–water partition coefficient (Wildman–Crippen LogP) is 3.24. The summed E-state index contributed by atoms with van der Waals surface area (Å²) in [6.45, 7) is 5.05. The van der Waals surface area contributed by atoms with Crippen LogP contribution in [0, 0.1) is 0 Å². The number of nitrogens with two attached hydrogens (primary N) is 1. The van der Waals surface area contributed by atoms with Gasteiger partial charge in [-0.15, -0.1) is 0 Å². The summed E-state index contributed by atoms with van der Waals surface area (Å²) >= 11 is 0. The highest BCUT2D eigenvalue weighted by Gasteiger charge is 2.17. The monoisotopic (exact) mass is 340 g/mol. The van der Waals surface area contributed by atoms with Crippen LogP contribution < -0.4 is 15.8 Å². The van der Waals surface area contributed by atoms with Crippen LogP contribution in [0.25, 0.3) is 11.0 Å². The smallest absolute Gasteiger partial charge is 0.222 e. The van der Waals surface area contributed by atoms with Gasteiger partial charge in [-0.2, -0.15) is 10.1 Å². The molecule has 3 N–H and O–H groups in total. The number of nitrogens with zero attached hydrogens (tertiary/aromatic N) is 4. The van der Waals surface area contributed by atoms with E-state index in [9.17, 15) is 0 Å². The lowest BCUT2D eigenvalue weighted by Gasteiger charge is -2.15. The van der Waals surface area contributed by atoms with E-state index in [-0.39, 0.29) is 12.0 Å². The highest BCUT2D eigenvalue weighted by molar-refractivity contribution is 5.85. The largest absolute Gasteiger partial charge is 0.496 e. The molecule has 0 saturated heterocycles. The fraction of sp³-hybridized carbons (Fsp3) is 0.389. The third-order valence-electron chi connectivity index (χ3n) is 4.21. The summed E-state index contributed by atoms with van der Waals surface area (Å²) in [6, 6.07) is 7.93. The lowest BCUT2D eigenvalue weighted by atomic mass is 10.1. The molecule has 0 saturated carbocycles. The van der Waals surface area contributed by atoms with Gasteiger partial charge in [-0.05, 0) is 19.4 Å². The van der Waals surface area contributed by atoms with E-state index in [0.29, 0.717) is 5.82 Å². The highest BCUT2D eigenvalue weighted by Crippen LogP contribution is 2.29. The number of anilines is 2. The van der Waals surface area contributed by atoms with Gasteiger partial charge in [-0.25, -0.2) is 4.98 Å². The van der Waals surface area contributed by atoms with Gasteiger partial charge in [0.1, 0.15) is 11.3 Å². The van der Waals surface area contributed by atoms with Crippen molar-refractivity contribution in [2.45, 2.75) is 32.7 Å². The molecule has 2 aromatic heterocycles. The van der Waals surface area contributed by atoms with E-state index in [0.717, 1.165) is 41.7 Å². The van der Waals surface area contributed by atoms with E-state index in [1.54, 1.807) is 7.11 Å². The van der Waals surface area contributed by atoms with Crippen molar-refractivity contribution in [3.8, 4) is 5.75 Å². The van der Waals surface area contributed by atoms with Gasteiger partial charge >= 0.3 is 0 Å². The molecule has 0 bridgehead atoms. The number of nitrogen functional groups attached to an aromatic ring is 1. The van der Waals surface area contributed by atoms with Crippen LogP contribution in [0.1, 0.15) is 38.3 Å². The quantitative estimate of drug-likeness (QED) is 0.642. The SMILES string of the molecule is CCCCNc1nc(N)nc2cn(C(C)c3ccccc3OC)nc12. The van der Waals surface area contributed by atoms with Crippen LogP contribution in [0.4, 0.5) is 11.8 Å². The lowest BCUT2D eigenvalue weighted by molar-refractivity contribution is 0.401. The first-order valence-corrected chi connectivity index (χ1v) is 8.53. The van der Waals surface area contributed by atoms with E-state index < -0.39 is 0 Å². The van der Waals surface area contributed by atoms with Crippen molar-refractivity contribution in [1.82, 2.24) is 19.7 Å². The first kappa shape index (κ1) is 17.0. The van der Waals surface area contributed by atoms with Crippen LogP contribution in [0.3, 0.4) is 0 Å². The molecule has 1 atom stereocenters. The molecule has 7 nitrogen and oxygen atoms in total. The van der Waals surface area contributed by atoms with Crippen molar-refractivity contribution >= 4 is 22.8 Å². The third-order valence-corrected chi connectivity index (χ3v) is 4.21. The molecular formula is C18H24N6O. The summed E-state index contributed by atoms with van der Waals surface area (Å²) in [7, 11) is 1.67. The average Bonchev–Trinajstić information content (AvgIpc) is 3.05. The Morgan fingerprint density at radius 1 is 1.28 bits per heavy atom. The molecule has 0 spiro atoms. The Hall–Kier alpha value is -2.83. The second-order valence-electron chi connectivity index (χ2n) is 5.97. The zero-order valence-corrected chi connectivity index (χ0v) is 14.9. The molecule has 1 unspecified atom stereocenters. The maximum absolute atomic E-state index is 5.85. The first-order chi connectivity index (χ1) is 12.1. The Labute approximate surface area is 147 Å². The van der Waals surface area contributed by atoms with Gasteiger partial charge < -0.3 is 15.8 Å². The fourth-order valence-electron chi connectivity index (χ4n) is 2.81. The zero-order chi connectivity index (χ0) is 17.8. The number of hydrogen-bond donors (Lipinski definition) is 2. The molecule has 7 heteroatoms. The van der Waals surface area contributed by atoms with E-state index in [1.165, 1.54) is 0 Å². The van der Waals surface area contributed by atoms with Crippen LogP contribution >= 0.6 is 0 Å². The number of hydrogen-bond acceptors (Lipinski definition) is 6. The van der Waals surface area contributed by atoms with Crippen molar-refractivity contribution in [3.63, 3.8) is 0 Å². The number of ether oxygens (including phenoxy) is 1. The van der Waals surface area contributed by atoms with Crippen LogP contribution in [-0.4, -0.2) is 33.4 Å². The molecule has 0 amide bonds. The van der Waals surface area contributed by atoms with Gasteiger partial charge in [0.25, 0.3) is 0 Å². The minimum atomic E-state index is -0.00457. The molecule has 0 aliphatic carbocycles. The van der Waals surface area contributed by atoms with Gasteiger partial charge in [0.05, 0.1) is 19.3 Å². The topological polar surface area (TPSA) is 90.9 Å². The molecule has 132 valence electrons. The van der Waals surface area contributed by atoms with Gasteiger partial charge in [-0.3, -0.25) is 4.68 Å². The normalized spacial score (nSPS) is 12.3. The van der Waals surface area contributed by atoms with Crippen molar-refractivity contribution in [1.29, 1.82) is 0 Å². The van der Waals surface area contributed by atoms with Crippen LogP contribution in [0.15, 0.2) is 30.5 Å². The number of benzene rings is 1. The fourth-order valence-corrected chi connectivity index (χ4v) is 2.81. The van der Waals surface area contributed by atoms with Crippen LogP contribution in [-0.2, 0) is 0 Å². The van der Waals surface area contributed by atoms with Gasteiger partial charge in [0.2, 0.25) is 5.95 Å². The number of aromatic nitrogens is 4. The molecule has 1 aromatic carbocycles. The van der Waals surface area contributed by atoms with Crippen molar-refractivity contribution < 1.29 is 4.74 Å². The number of methoxy groups -OCH3 is 1. The van der Waals surface area contributed by atoms with Crippen molar-refractivity contribution in [2.24, 2.45) is 0 Å². The molecule has 3 aromatic rings. The number of unbranched alkanes of at least 4 members (excludes halogenated alkanes) is 1. The summed E-state index contributed by atoms with van der Waals surface area (Å²) in [6.07, 6.45) is 4.06. The van der Waals surface area contributed by atoms with E-state index in [1.807, 2.05) is 35.1 Å². The van der Waals surface area contributed by atoms with Crippen molar-refractivity contribution in [3.05, 3.63) is 36.0 Å². The first-order valence-electron chi connectivity index (χ1n) is 8.53. The van der Waals surface area contributed by atoms with Crippen molar-refractivity contribution in [2.75, 3.05) is 24.7 Å². The molecule has 0 aliphatic heterocycles. The standard InChI is InChI=1S/C18H24N6O/c1-4-5-10-20-17-16-14(21-18(19)22-17)11-24(23-16)12(2)13-8-6-7-9-15(13)25-3/h6-9,11-12H,4-5,10H2,1-3H3,(H3,19,20,21,22). The van der Waals surface area contributed by atoms with Gasteiger partial charge in [-0.1, -0.05) is 31.5 Å². The molecule has 3 rings (SSSR count). The summed E-state index contributed by atoms with van der Waals surface area (Å²) < 4.78 is 7.35. The minimum Gasteiger partial charge on any atom is -0.496 e. The molecular weight excluding hydrogens is 316 g/mol. The summed E-state index contributed by atoms with van der Waals surface area (Å²) in [4.78, 5) is 8.62. The average molecular weight is 340 g/mol. The molecule has 0 aliphatic rings. The second-order valence-corrected chi connectivity index (χ2v) is 5.97. The lowest BCUT2D eigenvalue weighted by Crippen LogP contribution is -2.09. The molecule has 0 fully saturated rings. The van der Waals surface area contributed by atoms with E-state index in [4.69, 9.17) is 15.6 Å². The zero-order valence-electron chi connectivity index (χ0n) is 14.9. The number of fused-ring (bicyclic) bond motifs is 1. The van der Waals surface area contributed by atoms with E-state index >= 15 is 0 Å². The highest BCUT2D eigenvalue weighted by atomic mass is 16.5. The summed E-state index contributed by atoms with van der Waals surface area (Å²) in [5.41, 5.74) is 8.37. The number of nitrogens with one attached hydrogen (secondary N) is 1. The Morgan fingerprint density at radius 3 is 2.84 bits per heavy atom. The molecule has 0 radical (unpaired) electrons. The third kappa shape index (κ3) is 3.50. The molecule has 2 heterocycles. The van der Waals surface area contributed by atoms with Crippen LogP contribution in [0.5, 0.6) is 5.75 Å².